The Labute approximate surface area is 166 Å². The van der Waals surface area contributed by atoms with Crippen molar-refractivity contribution < 1.29 is 14.5 Å². The Morgan fingerprint density at radius 1 is 1.21 bits per heavy atom. The van der Waals surface area contributed by atoms with Gasteiger partial charge in [0.2, 0.25) is 5.91 Å². The van der Waals surface area contributed by atoms with E-state index in [1.165, 1.54) is 47.2 Å². The zero-order valence-electron chi connectivity index (χ0n) is 15.9. The van der Waals surface area contributed by atoms with E-state index in [2.05, 4.69) is 10.3 Å². The maximum absolute atomic E-state index is 12.7. The van der Waals surface area contributed by atoms with Crippen molar-refractivity contribution in [2.45, 2.75) is 6.92 Å². The van der Waals surface area contributed by atoms with E-state index < -0.39 is 10.8 Å². The topological polar surface area (TPSA) is 110 Å². The minimum Gasteiger partial charge on any atom is -0.332 e. The normalized spacial score (nSPS) is 10.4. The Morgan fingerprint density at radius 3 is 2.55 bits per heavy atom. The van der Waals surface area contributed by atoms with Gasteiger partial charge in [0.25, 0.3) is 11.6 Å². The lowest BCUT2D eigenvalue weighted by molar-refractivity contribution is -0.384. The lowest BCUT2D eigenvalue weighted by Gasteiger charge is -2.17. The molecule has 0 fully saturated rings. The molecule has 0 saturated heterocycles. The van der Waals surface area contributed by atoms with E-state index in [1.54, 1.807) is 18.3 Å². The Bertz CT molecular complexity index is 1050. The molecule has 148 valence electrons. The van der Waals surface area contributed by atoms with Crippen LogP contribution in [0.3, 0.4) is 0 Å². The van der Waals surface area contributed by atoms with Gasteiger partial charge in [-0.05, 0) is 31.2 Å². The lowest BCUT2D eigenvalue weighted by Crippen LogP contribution is -2.35. The number of nitrogens with zero attached hydrogens (tertiary/aromatic N) is 4. The fourth-order valence-electron chi connectivity index (χ4n) is 2.77. The number of hydrogen-bond donors (Lipinski definition) is 1. The SMILES string of the molecule is Cc1ccc(NC(=O)CN(C)C(=O)c2ccc(-n3ccnc3)c([N+](=O)[O-])c2)cc1. The maximum atomic E-state index is 12.7. The Kier molecular flexibility index (Phi) is 5.68. The number of amides is 2. The fraction of sp³-hybridized carbons (Fsp3) is 0.150. The van der Waals surface area contributed by atoms with Gasteiger partial charge >= 0.3 is 0 Å². The minimum absolute atomic E-state index is 0.117. The minimum atomic E-state index is -0.559. The van der Waals surface area contributed by atoms with E-state index in [0.29, 0.717) is 11.4 Å². The molecular formula is C20H19N5O4. The summed E-state index contributed by atoms with van der Waals surface area (Å²) in [5.41, 5.74) is 1.87. The second kappa shape index (κ2) is 8.34. The van der Waals surface area contributed by atoms with Crippen molar-refractivity contribution in [2.75, 3.05) is 18.9 Å². The number of nitrogens with one attached hydrogen (secondary N) is 1. The Hall–Kier alpha value is -4.01. The third-order valence-electron chi connectivity index (χ3n) is 4.26. The molecule has 3 aromatic rings. The molecule has 2 amide bonds. The van der Waals surface area contributed by atoms with Gasteiger partial charge in [-0.2, -0.15) is 0 Å². The van der Waals surface area contributed by atoms with Crippen molar-refractivity contribution in [1.29, 1.82) is 0 Å². The van der Waals surface area contributed by atoms with Crippen LogP contribution in [-0.4, -0.2) is 44.8 Å². The van der Waals surface area contributed by atoms with Crippen molar-refractivity contribution in [2.24, 2.45) is 0 Å². The predicted molar refractivity (Wildman–Crippen MR) is 107 cm³/mol. The van der Waals surface area contributed by atoms with Gasteiger partial charge < -0.3 is 14.8 Å². The molecule has 2 aromatic carbocycles. The largest absolute Gasteiger partial charge is 0.332 e. The molecule has 0 aliphatic carbocycles. The molecule has 1 heterocycles. The summed E-state index contributed by atoms with van der Waals surface area (Å²) in [6.07, 6.45) is 4.51. The highest BCUT2D eigenvalue weighted by molar-refractivity contribution is 5.99. The number of benzene rings is 2. The molecule has 0 aliphatic rings. The van der Waals surface area contributed by atoms with Crippen LogP contribution in [0.4, 0.5) is 11.4 Å². The monoisotopic (exact) mass is 393 g/mol. The zero-order valence-corrected chi connectivity index (χ0v) is 15.9. The number of likely N-dealkylation sites (N-methyl/N-ethyl adjacent to an activating group) is 1. The summed E-state index contributed by atoms with van der Waals surface area (Å²) in [6.45, 7) is 1.75. The molecule has 0 saturated carbocycles. The first kappa shape index (κ1) is 19.7. The number of nitro benzene ring substituents is 1. The van der Waals surface area contributed by atoms with Gasteiger partial charge in [0.15, 0.2) is 0 Å². The second-order valence-corrected chi connectivity index (χ2v) is 6.51. The first-order valence-electron chi connectivity index (χ1n) is 8.74. The van der Waals surface area contributed by atoms with Gasteiger partial charge in [-0.25, -0.2) is 4.98 Å². The fourth-order valence-corrected chi connectivity index (χ4v) is 2.77. The van der Waals surface area contributed by atoms with E-state index in [9.17, 15) is 19.7 Å². The number of nitro groups is 1. The van der Waals surface area contributed by atoms with Crippen molar-refractivity contribution in [1.82, 2.24) is 14.5 Å². The number of anilines is 1. The molecule has 29 heavy (non-hydrogen) atoms. The summed E-state index contributed by atoms with van der Waals surface area (Å²) in [5, 5.41) is 14.2. The molecule has 1 N–H and O–H groups in total. The van der Waals surface area contributed by atoms with Crippen LogP contribution in [0.2, 0.25) is 0 Å². The molecule has 9 heteroatoms. The van der Waals surface area contributed by atoms with Crippen LogP contribution in [0.25, 0.3) is 5.69 Å². The third-order valence-corrected chi connectivity index (χ3v) is 4.26. The Balaban J connectivity index is 1.73. The standard InChI is InChI=1S/C20H19N5O4/c1-14-3-6-16(7-4-14)22-19(26)12-23(2)20(27)15-5-8-17(18(11-15)25(28)29)24-10-9-21-13-24/h3-11,13H,12H2,1-2H3,(H,22,26). The highest BCUT2D eigenvalue weighted by Gasteiger charge is 2.21. The average Bonchev–Trinajstić information content (AvgIpc) is 3.23. The van der Waals surface area contributed by atoms with Gasteiger partial charge in [-0.1, -0.05) is 17.7 Å². The molecule has 0 spiro atoms. The lowest BCUT2D eigenvalue weighted by atomic mass is 10.1. The van der Waals surface area contributed by atoms with Crippen LogP contribution in [0.15, 0.2) is 61.2 Å². The van der Waals surface area contributed by atoms with Crippen molar-refractivity contribution in [3.05, 3.63) is 82.4 Å². The van der Waals surface area contributed by atoms with E-state index in [4.69, 9.17) is 0 Å². The van der Waals surface area contributed by atoms with Gasteiger partial charge in [-0.3, -0.25) is 19.7 Å². The molecule has 1 aromatic heterocycles. The van der Waals surface area contributed by atoms with Crippen LogP contribution in [0.1, 0.15) is 15.9 Å². The van der Waals surface area contributed by atoms with Crippen LogP contribution in [-0.2, 0) is 4.79 Å². The van der Waals surface area contributed by atoms with Gasteiger partial charge in [0, 0.05) is 36.8 Å². The summed E-state index contributed by atoms with van der Waals surface area (Å²) in [4.78, 5) is 40.8. The summed E-state index contributed by atoms with van der Waals surface area (Å²) < 4.78 is 1.49. The highest BCUT2D eigenvalue weighted by atomic mass is 16.6. The quantitative estimate of drug-likeness (QED) is 0.511. The van der Waals surface area contributed by atoms with Gasteiger partial charge in [0.1, 0.15) is 5.69 Å². The smallest absolute Gasteiger partial charge is 0.294 e. The molecule has 0 bridgehead atoms. The average molecular weight is 393 g/mol. The van der Waals surface area contributed by atoms with Gasteiger partial charge in [0.05, 0.1) is 17.8 Å². The maximum Gasteiger partial charge on any atom is 0.294 e. The number of aryl methyl sites for hydroxylation is 1. The molecule has 0 atom stereocenters. The molecule has 0 aliphatic heterocycles. The van der Waals surface area contributed by atoms with Gasteiger partial charge in [-0.15, -0.1) is 0 Å². The second-order valence-electron chi connectivity index (χ2n) is 6.51. The van der Waals surface area contributed by atoms with Crippen molar-refractivity contribution in [3.8, 4) is 5.69 Å². The van der Waals surface area contributed by atoms with Crippen LogP contribution in [0, 0.1) is 17.0 Å². The predicted octanol–water partition coefficient (Wildman–Crippen LogP) is 2.80. The number of carbonyl (C=O) groups is 2. The molecule has 0 unspecified atom stereocenters. The number of hydrogen-bond acceptors (Lipinski definition) is 5. The highest BCUT2D eigenvalue weighted by Crippen LogP contribution is 2.24. The first-order valence-corrected chi connectivity index (χ1v) is 8.74. The van der Waals surface area contributed by atoms with E-state index in [0.717, 1.165) is 5.56 Å². The van der Waals surface area contributed by atoms with Crippen LogP contribution in [0.5, 0.6) is 0 Å². The molecule has 9 nitrogen and oxygen atoms in total. The summed E-state index contributed by atoms with van der Waals surface area (Å²) in [5.74, 6) is -0.862. The molecular weight excluding hydrogens is 374 g/mol. The molecule has 0 radical (unpaired) electrons. The number of imidazole rings is 1. The number of rotatable bonds is 6. The van der Waals surface area contributed by atoms with E-state index in [-0.39, 0.29) is 23.7 Å². The summed E-state index contributed by atoms with van der Waals surface area (Å²) in [7, 11) is 1.46. The number of carbonyl (C=O) groups excluding carboxylic acids is 2. The number of aromatic nitrogens is 2. The zero-order chi connectivity index (χ0) is 21.0. The first-order chi connectivity index (χ1) is 13.8. The van der Waals surface area contributed by atoms with Crippen LogP contribution < -0.4 is 5.32 Å². The van der Waals surface area contributed by atoms with Crippen molar-refractivity contribution >= 4 is 23.2 Å². The third kappa shape index (κ3) is 4.64. The molecule has 3 rings (SSSR count). The van der Waals surface area contributed by atoms with Crippen LogP contribution >= 0.6 is 0 Å². The summed E-state index contributed by atoms with van der Waals surface area (Å²) >= 11 is 0. The van der Waals surface area contributed by atoms with E-state index in [1.807, 2.05) is 19.1 Å². The van der Waals surface area contributed by atoms with Crippen molar-refractivity contribution in [3.63, 3.8) is 0 Å². The Morgan fingerprint density at radius 2 is 1.93 bits per heavy atom. The van der Waals surface area contributed by atoms with E-state index >= 15 is 0 Å². The summed E-state index contributed by atoms with van der Waals surface area (Å²) in [6, 6.07) is 11.4.